The van der Waals surface area contributed by atoms with Crippen LogP contribution in [0.2, 0.25) is 0 Å². The molecule has 0 bridgehead atoms. The number of benzene rings is 1. The molecule has 0 saturated heterocycles. The number of aliphatic hydroxyl groups is 1. The largest absolute Gasteiger partial charge is 0.493 e. The number of halogens is 2. The lowest BCUT2D eigenvalue weighted by molar-refractivity contribution is 0.292. The highest BCUT2D eigenvalue weighted by atomic mass is 35.5. The van der Waals surface area contributed by atoms with Gasteiger partial charge in [-0.1, -0.05) is 18.7 Å². The van der Waals surface area contributed by atoms with Crippen LogP contribution in [0.25, 0.3) is 0 Å². The second-order valence-electron chi connectivity index (χ2n) is 4.59. The Balaban J connectivity index is 0. The minimum absolute atomic E-state index is 0. The van der Waals surface area contributed by atoms with E-state index in [-0.39, 0.29) is 31.4 Å². The molecule has 1 aromatic rings. The van der Waals surface area contributed by atoms with Crippen molar-refractivity contribution in [2.45, 2.75) is 13.0 Å². The van der Waals surface area contributed by atoms with Crippen LogP contribution in [-0.2, 0) is 6.54 Å². The van der Waals surface area contributed by atoms with Crippen LogP contribution in [0.3, 0.4) is 0 Å². The lowest BCUT2D eigenvalue weighted by Crippen LogP contribution is -2.23. The number of hydrogen-bond acceptors (Lipinski definition) is 5. The molecule has 0 saturated carbocycles. The summed E-state index contributed by atoms with van der Waals surface area (Å²) in [6.07, 6.45) is 2.73. The van der Waals surface area contributed by atoms with E-state index in [9.17, 15) is 0 Å². The molecule has 0 amide bonds. The molecule has 0 aliphatic carbocycles. The fourth-order valence-corrected chi connectivity index (χ4v) is 1.87. The fourth-order valence-electron chi connectivity index (χ4n) is 1.87. The molecule has 0 spiro atoms. The maximum atomic E-state index is 8.64. The molecule has 0 aliphatic rings. The summed E-state index contributed by atoms with van der Waals surface area (Å²) in [6.45, 7) is 7.57. The number of hydrogen-bond donors (Lipinski definition) is 3. The third-order valence-corrected chi connectivity index (χ3v) is 2.91. The van der Waals surface area contributed by atoms with Gasteiger partial charge in [0.1, 0.15) is 6.61 Å². The van der Waals surface area contributed by atoms with Gasteiger partial charge in [-0.15, -0.1) is 24.8 Å². The minimum Gasteiger partial charge on any atom is -0.493 e. The summed E-state index contributed by atoms with van der Waals surface area (Å²) in [5.41, 5.74) is 1.15. The van der Waals surface area contributed by atoms with Crippen molar-refractivity contribution in [3.05, 3.63) is 36.4 Å². The van der Waals surface area contributed by atoms with Crippen LogP contribution in [0.4, 0.5) is 0 Å². The van der Waals surface area contributed by atoms with Gasteiger partial charge in [-0.3, -0.25) is 0 Å². The van der Waals surface area contributed by atoms with Gasteiger partial charge in [0, 0.05) is 13.1 Å². The van der Waals surface area contributed by atoms with Gasteiger partial charge in [-0.2, -0.15) is 0 Å². The monoisotopic (exact) mass is 366 g/mol. The Morgan fingerprint density at radius 1 is 1.13 bits per heavy atom. The molecular weight excluding hydrogens is 339 g/mol. The average Bonchev–Trinajstić information content (AvgIpc) is 2.52. The number of ether oxygens (including phenoxy) is 2. The topological polar surface area (TPSA) is 62.8 Å². The zero-order valence-electron chi connectivity index (χ0n) is 13.5. The molecule has 0 heterocycles. The summed E-state index contributed by atoms with van der Waals surface area (Å²) in [6, 6.07) is 5.93. The van der Waals surface area contributed by atoms with Crippen molar-refractivity contribution in [2.75, 3.05) is 40.0 Å². The van der Waals surface area contributed by atoms with Gasteiger partial charge in [0.05, 0.1) is 13.7 Å². The SMILES string of the molecule is C=CCOc1ccc(CNCCCNCCO)cc1OC.Cl.Cl. The van der Waals surface area contributed by atoms with Gasteiger partial charge in [-0.05, 0) is 37.2 Å². The van der Waals surface area contributed by atoms with Crippen molar-refractivity contribution >= 4 is 24.8 Å². The third kappa shape index (κ3) is 10.4. The van der Waals surface area contributed by atoms with E-state index in [4.69, 9.17) is 14.6 Å². The van der Waals surface area contributed by atoms with E-state index in [1.807, 2.05) is 18.2 Å². The Bertz CT molecular complexity index is 420. The number of aliphatic hydroxyl groups excluding tert-OH is 1. The lowest BCUT2D eigenvalue weighted by Gasteiger charge is -2.11. The van der Waals surface area contributed by atoms with E-state index in [2.05, 4.69) is 17.2 Å². The molecule has 0 aliphatic heterocycles. The van der Waals surface area contributed by atoms with Gasteiger partial charge >= 0.3 is 0 Å². The second kappa shape index (κ2) is 15.9. The highest BCUT2D eigenvalue weighted by Crippen LogP contribution is 2.27. The van der Waals surface area contributed by atoms with Crippen LogP contribution in [0, 0.1) is 0 Å². The zero-order valence-corrected chi connectivity index (χ0v) is 15.2. The summed E-state index contributed by atoms with van der Waals surface area (Å²) in [5.74, 6) is 1.47. The Hall–Kier alpha value is -0.980. The van der Waals surface area contributed by atoms with Crippen LogP contribution < -0.4 is 20.1 Å². The number of methoxy groups -OCH3 is 1. The van der Waals surface area contributed by atoms with Gasteiger partial charge in [0.25, 0.3) is 0 Å². The van der Waals surface area contributed by atoms with E-state index >= 15 is 0 Å². The van der Waals surface area contributed by atoms with E-state index in [1.54, 1.807) is 13.2 Å². The third-order valence-electron chi connectivity index (χ3n) is 2.91. The number of rotatable bonds is 12. The maximum absolute atomic E-state index is 8.64. The molecular formula is C16H28Cl2N2O3. The highest BCUT2D eigenvalue weighted by molar-refractivity contribution is 5.85. The zero-order chi connectivity index (χ0) is 15.3. The molecule has 1 rings (SSSR count). The Morgan fingerprint density at radius 3 is 2.52 bits per heavy atom. The standard InChI is InChI=1S/C16H26N2O3.2ClH/c1-3-11-21-15-6-5-14(12-16(15)20-2)13-18-8-4-7-17-9-10-19;;/h3,5-6,12,17-19H,1,4,7-11,13H2,2H3;2*1H. The molecule has 5 nitrogen and oxygen atoms in total. The van der Waals surface area contributed by atoms with Gasteiger partial charge in [0.2, 0.25) is 0 Å². The van der Waals surface area contributed by atoms with E-state index in [0.717, 1.165) is 43.1 Å². The average molecular weight is 367 g/mol. The smallest absolute Gasteiger partial charge is 0.161 e. The molecule has 134 valence electrons. The molecule has 0 radical (unpaired) electrons. The summed E-state index contributed by atoms with van der Waals surface area (Å²) in [7, 11) is 1.64. The van der Waals surface area contributed by atoms with Crippen molar-refractivity contribution in [1.29, 1.82) is 0 Å². The van der Waals surface area contributed by atoms with Gasteiger partial charge in [0.15, 0.2) is 11.5 Å². The number of nitrogens with one attached hydrogen (secondary N) is 2. The first kappa shape index (κ1) is 24.3. The Kier molecular flexibility index (Phi) is 16.8. The first-order chi connectivity index (χ1) is 10.3. The predicted octanol–water partition coefficient (Wildman–Crippen LogP) is 2.17. The molecule has 0 atom stereocenters. The van der Waals surface area contributed by atoms with Crippen LogP contribution in [0.5, 0.6) is 11.5 Å². The first-order valence-corrected chi connectivity index (χ1v) is 7.24. The molecule has 23 heavy (non-hydrogen) atoms. The summed E-state index contributed by atoms with van der Waals surface area (Å²) < 4.78 is 10.9. The second-order valence-corrected chi connectivity index (χ2v) is 4.59. The molecule has 7 heteroatoms. The van der Waals surface area contributed by atoms with Crippen LogP contribution >= 0.6 is 24.8 Å². The van der Waals surface area contributed by atoms with Crippen LogP contribution in [0.15, 0.2) is 30.9 Å². The summed E-state index contributed by atoms with van der Waals surface area (Å²) in [4.78, 5) is 0. The first-order valence-electron chi connectivity index (χ1n) is 7.24. The van der Waals surface area contributed by atoms with Crippen molar-refractivity contribution in [3.8, 4) is 11.5 Å². The lowest BCUT2D eigenvalue weighted by atomic mass is 10.2. The Morgan fingerprint density at radius 2 is 1.87 bits per heavy atom. The molecule has 0 fully saturated rings. The normalized spacial score (nSPS) is 9.48. The minimum atomic E-state index is 0. The maximum Gasteiger partial charge on any atom is 0.161 e. The van der Waals surface area contributed by atoms with Crippen molar-refractivity contribution in [1.82, 2.24) is 10.6 Å². The van der Waals surface area contributed by atoms with E-state index < -0.39 is 0 Å². The predicted molar refractivity (Wildman–Crippen MR) is 99.5 cm³/mol. The van der Waals surface area contributed by atoms with Crippen molar-refractivity contribution < 1.29 is 14.6 Å². The van der Waals surface area contributed by atoms with Crippen LogP contribution in [-0.4, -0.2) is 45.1 Å². The molecule has 0 aromatic heterocycles. The quantitative estimate of drug-likeness (QED) is 0.390. The summed E-state index contributed by atoms with van der Waals surface area (Å²) >= 11 is 0. The molecule has 3 N–H and O–H groups in total. The van der Waals surface area contributed by atoms with Gasteiger partial charge in [-0.25, -0.2) is 0 Å². The van der Waals surface area contributed by atoms with E-state index in [1.165, 1.54) is 0 Å². The van der Waals surface area contributed by atoms with Crippen molar-refractivity contribution in [3.63, 3.8) is 0 Å². The van der Waals surface area contributed by atoms with Crippen LogP contribution in [0.1, 0.15) is 12.0 Å². The Labute approximate surface area is 151 Å². The highest BCUT2D eigenvalue weighted by Gasteiger charge is 2.05. The van der Waals surface area contributed by atoms with E-state index in [0.29, 0.717) is 13.2 Å². The summed E-state index contributed by atoms with van der Waals surface area (Å²) in [5, 5.41) is 15.2. The fraction of sp³-hybridized carbons (Fsp3) is 0.500. The van der Waals surface area contributed by atoms with Gasteiger partial charge < -0.3 is 25.2 Å². The molecule has 1 aromatic carbocycles. The molecule has 0 unspecified atom stereocenters. The van der Waals surface area contributed by atoms with Crippen molar-refractivity contribution in [2.24, 2.45) is 0 Å².